The Hall–Kier alpha value is -4.79. The number of hydrogen-bond acceptors (Lipinski definition) is 13. The van der Waals surface area contributed by atoms with Crippen LogP contribution in [0.15, 0.2) is 71.9 Å². The SMILES string of the molecule is CCn1nccc1-c1ccc([C@H](CO[Si](C)(C)C(C)(C)C)NC(=O)[C@@H]2C[C@@H](O[Si](C)(C)C(C)(C)C)CN2C(=O)[C@H](C(C)C)n2cc(CCC3CCN(C[C@@]4(COS(=O)(=O)c5ccc([N+](=O)[O-])cc5)CC4(F)F)CC3)nn2)cc1. The number of nitrogens with zero attached hydrogens (tertiary/aromatic N) is 8. The van der Waals surface area contributed by atoms with E-state index < -0.39 is 74.2 Å². The van der Waals surface area contributed by atoms with E-state index in [0.717, 1.165) is 66.9 Å². The zero-order valence-electron chi connectivity index (χ0n) is 47.9. The highest BCUT2D eigenvalue weighted by Gasteiger charge is 2.72. The Bertz CT molecular complexity index is 2850. The Kier molecular flexibility index (Phi) is 18.2. The first kappa shape index (κ1) is 60.8. The molecule has 7 rings (SSSR count). The fraction of sp³-hybridized carbons (Fsp3) is 0.655. The normalized spacial score (nSPS) is 21.5. The van der Waals surface area contributed by atoms with Crippen molar-refractivity contribution in [3.05, 3.63) is 88.4 Å². The first-order valence-corrected chi connectivity index (χ1v) is 34.7. The highest BCUT2D eigenvalue weighted by Crippen LogP contribution is 2.61. The quantitative estimate of drug-likeness (QED) is 0.0318. The summed E-state index contributed by atoms with van der Waals surface area (Å²) in [6, 6.07) is 12.1. The van der Waals surface area contributed by atoms with Crippen molar-refractivity contribution in [2.45, 2.75) is 179 Å². The van der Waals surface area contributed by atoms with E-state index >= 15 is 9.59 Å². The lowest BCUT2D eigenvalue weighted by molar-refractivity contribution is -0.384. The predicted octanol–water partition coefficient (Wildman–Crippen LogP) is 10.2. The maximum atomic E-state index is 15.2. The lowest BCUT2D eigenvalue weighted by atomic mass is 9.91. The monoisotopic (exact) mass is 1140 g/mol. The van der Waals surface area contributed by atoms with Crippen LogP contribution in [0.25, 0.3) is 11.3 Å². The van der Waals surface area contributed by atoms with Crippen molar-refractivity contribution in [1.29, 1.82) is 0 Å². The summed E-state index contributed by atoms with van der Waals surface area (Å²) < 4.78 is 78.1. The van der Waals surface area contributed by atoms with Gasteiger partial charge in [0, 0.05) is 57.0 Å². The van der Waals surface area contributed by atoms with Gasteiger partial charge in [0.05, 0.1) is 52.0 Å². The first-order chi connectivity index (χ1) is 36.3. The maximum absolute atomic E-state index is 15.2. The third kappa shape index (κ3) is 13.8. The van der Waals surface area contributed by atoms with Crippen LogP contribution < -0.4 is 5.32 Å². The van der Waals surface area contributed by atoms with Gasteiger partial charge in [0.25, 0.3) is 21.7 Å². The number of nitrogens with one attached hydrogen (secondary N) is 1. The molecule has 0 bridgehead atoms. The fourth-order valence-electron chi connectivity index (χ4n) is 10.1. The van der Waals surface area contributed by atoms with Gasteiger partial charge in [-0.05, 0) is 123 Å². The van der Waals surface area contributed by atoms with Gasteiger partial charge in [-0.25, -0.2) is 13.5 Å². The number of carbonyl (C=O) groups is 2. The lowest BCUT2D eigenvalue weighted by Gasteiger charge is -2.38. The van der Waals surface area contributed by atoms with Gasteiger partial charge in [-0.15, -0.1) is 5.10 Å². The van der Waals surface area contributed by atoms with Gasteiger partial charge < -0.3 is 24.0 Å². The van der Waals surface area contributed by atoms with E-state index in [1.807, 2.05) is 60.0 Å². The molecule has 78 heavy (non-hydrogen) atoms. The van der Waals surface area contributed by atoms with Crippen LogP contribution >= 0.6 is 0 Å². The number of hydrogen-bond donors (Lipinski definition) is 1. The zero-order chi connectivity index (χ0) is 57.4. The molecule has 2 aliphatic heterocycles. The molecule has 4 aromatic rings. The number of nitro groups is 1. The van der Waals surface area contributed by atoms with Crippen LogP contribution in [-0.2, 0) is 45.7 Å². The van der Waals surface area contributed by atoms with Gasteiger partial charge in [0.1, 0.15) is 12.1 Å². The molecule has 3 aliphatic rings. The van der Waals surface area contributed by atoms with Crippen LogP contribution in [0, 0.1) is 27.4 Å². The fourth-order valence-corrected chi connectivity index (χ4v) is 13.4. The zero-order valence-corrected chi connectivity index (χ0v) is 50.7. The third-order valence-electron chi connectivity index (χ3n) is 17.3. The summed E-state index contributed by atoms with van der Waals surface area (Å²) >= 11 is 0. The van der Waals surface area contributed by atoms with Gasteiger partial charge in [0.15, 0.2) is 16.6 Å². The molecule has 0 unspecified atom stereocenters. The second-order valence-corrected chi connectivity index (χ2v) is 36.5. The molecular weight excluding hydrogens is 1060 g/mol. The van der Waals surface area contributed by atoms with Crippen LogP contribution in [0.5, 0.6) is 0 Å². The van der Waals surface area contributed by atoms with Crippen LogP contribution in [0.4, 0.5) is 14.5 Å². The van der Waals surface area contributed by atoms with Gasteiger partial charge in [-0.3, -0.25) is 28.6 Å². The molecular formula is C55H83F2N9O9SSi2. The molecule has 2 aromatic heterocycles. The van der Waals surface area contributed by atoms with Crippen molar-refractivity contribution in [3.8, 4) is 11.3 Å². The number of alkyl halides is 2. The second-order valence-electron chi connectivity index (χ2n) is 25.3. The van der Waals surface area contributed by atoms with Gasteiger partial charge in [-0.2, -0.15) is 13.5 Å². The van der Waals surface area contributed by atoms with Crippen molar-refractivity contribution < 1.29 is 44.7 Å². The minimum absolute atomic E-state index is 0.0302. The number of non-ortho nitro benzene ring substituents is 1. The van der Waals surface area contributed by atoms with Gasteiger partial charge in [-0.1, -0.05) is 84.9 Å². The average molecular weight is 1140 g/mol. The van der Waals surface area contributed by atoms with Crippen molar-refractivity contribution in [2.75, 3.05) is 39.4 Å². The summed E-state index contributed by atoms with van der Waals surface area (Å²) in [5.74, 6) is -3.57. The van der Waals surface area contributed by atoms with Crippen molar-refractivity contribution in [3.63, 3.8) is 0 Å². The summed E-state index contributed by atoms with van der Waals surface area (Å²) in [7, 11) is -9.03. The summed E-state index contributed by atoms with van der Waals surface area (Å²) in [6.45, 7) is 29.4. The first-order valence-electron chi connectivity index (χ1n) is 27.5. The van der Waals surface area contributed by atoms with Crippen LogP contribution in [-0.4, -0.2) is 134 Å². The number of aromatic nitrogens is 5. The molecule has 2 saturated heterocycles. The van der Waals surface area contributed by atoms with E-state index in [1.165, 1.54) is 0 Å². The Morgan fingerprint density at radius 2 is 1.58 bits per heavy atom. The number of rotatable bonds is 23. The van der Waals surface area contributed by atoms with Gasteiger partial charge >= 0.3 is 0 Å². The molecule has 18 nitrogen and oxygen atoms in total. The van der Waals surface area contributed by atoms with Crippen LogP contribution in [0.1, 0.15) is 118 Å². The highest BCUT2D eigenvalue weighted by molar-refractivity contribution is 7.86. The van der Waals surface area contributed by atoms with E-state index in [9.17, 15) is 27.3 Å². The number of amides is 2. The number of halogens is 2. The largest absolute Gasteiger partial charge is 0.414 e. The smallest absolute Gasteiger partial charge is 0.297 e. The Morgan fingerprint density at radius 3 is 2.14 bits per heavy atom. The standard InChI is InChI=1S/C55H83F2N9O9SSi2/c1-14-64-47(25-28-58-64)41-18-16-40(17-19-41)46(34-74-77(10,11)52(4,5)6)59-50(67)48-31-44(75-78(12,13)53(7,8)9)33-63(48)51(68)49(38(2)3)65-32-42(60-61-65)20-15-39-26-29-62(30-27-39)36-54(35-55(54,56)57)37-73-76(71,72)45-23-21-43(22-24-45)66(69)70/h16-19,21-25,28,32,38-39,44,46,48-49H,14-15,20,26-27,29-31,33-37H2,1-13H3,(H,59,67)/t44-,46+,48+,49+,54-/m1/s1. The average Bonchev–Trinajstić information content (AvgIpc) is 4.02. The minimum Gasteiger partial charge on any atom is -0.414 e. The molecule has 0 radical (unpaired) electrons. The highest BCUT2D eigenvalue weighted by atomic mass is 32.2. The maximum Gasteiger partial charge on any atom is 0.297 e. The van der Waals surface area contributed by atoms with Crippen LogP contribution in [0.3, 0.4) is 0 Å². The molecule has 430 valence electrons. The Labute approximate surface area is 461 Å². The topological polar surface area (TPSA) is 206 Å². The Morgan fingerprint density at radius 1 is 0.949 bits per heavy atom. The number of carbonyl (C=O) groups excluding carboxylic acids is 2. The molecule has 2 aromatic carbocycles. The molecule has 5 atom stereocenters. The molecule has 1 N–H and O–H groups in total. The van der Waals surface area contributed by atoms with Crippen LogP contribution in [0.2, 0.25) is 36.3 Å². The summed E-state index contributed by atoms with van der Waals surface area (Å²) in [5.41, 5.74) is 1.63. The number of piperidine rings is 1. The minimum atomic E-state index is -4.43. The number of benzene rings is 2. The van der Waals surface area contributed by atoms with Gasteiger partial charge in [0.2, 0.25) is 11.8 Å². The van der Waals surface area contributed by atoms with E-state index in [1.54, 1.807) is 15.8 Å². The van der Waals surface area contributed by atoms with Crippen molar-refractivity contribution in [2.24, 2.45) is 17.3 Å². The summed E-state index contributed by atoms with van der Waals surface area (Å²) in [5, 5.41) is 27.7. The molecule has 2 amide bonds. The molecule has 1 saturated carbocycles. The lowest BCUT2D eigenvalue weighted by Crippen LogP contribution is -2.50. The number of nitro benzene ring substituents is 1. The van der Waals surface area contributed by atoms with Crippen molar-refractivity contribution in [1.82, 2.24) is 39.9 Å². The molecule has 1 aliphatic carbocycles. The number of aryl methyl sites for hydroxylation is 2. The second kappa shape index (κ2) is 23.4. The summed E-state index contributed by atoms with van der Waals surface area (Å²) in [6.07, 6.45) is 5.89. The molecule has 4 heterocycles. The summed E-state index contributed by atoms with van der Waals surface area (Å²) in [4.78, 5) is 43.9. The molecule has 0 spiro atoms. The molecule has 3 fully saturated rings. The van der Waals surface area contributed by atoms with E-state index in [0.29, 0.717) is 31.6 Å². The molecule has 23 heteroatoms. The number of likely N-dealkylation sites (tertiary alicyclic amines) is 2. The van der Waals surface area contributed by atoms with E-state index in [-0.39, 0.29) is 70.1 Å². The third-order valence-corrected chi connectivity index (χ3v) is 27.6. The Balaban J connectivity index is 1.02. The van der Waals surface area contributed by atoms with Crippen molar-refractivity contribution >= 4 is 44.3 Å². The predicted molar refractivity (Wildman–Crippen MR) is 299 cm³/mol. The van der Waals surface area contributed by atoms with E-state index in [4.69, 9.17) is 13.0 Å². The van der Waals surface area contributed by atoms with E-state index in [2.05, 4.69) is 95.4 Å².